The first-order valence-corrected chi connectivity index (χ1v) is 8.53. The Morgan fingerprint density at radius 1 is 1.05 bits per heavy atom. The average Bonchev–Trinajstić information content (AvgIpc) is 2.85. The first-order valence-electron chi connectivity index (χ1n) is 7.45. The Bertz CT molecular complexity index is 832. The van der Waals surface area contributed by atoms with E-state index < -0.39 is 0 Å². The lowest BCUT2D eigenvalue weighted by atomic mass is 10.0. The Morgan fingerprint density at radius 2 is 1.73 bits per heavy atom. The maximum Gasteiger partial charge on any atom is 0.196 e. The van der Waals surface area contributed by atoms with E-state index in [9.17, 15) is 4.79 Å². The largest absolute Gasteiger partial charge is 0.346 e. The fourth-order valence-electron chi connectivity index (χ4n) is 2.76. The molecule has 2 aromatic carbocycles. The second kappa shape index (κ2) is 6.24. The zero-order valence-corrected chi connectivity index (χ0v) is 14.9. The van der Waals surface area contributed by atoms with Gasteiger partial charge in [-0.3, -0.25) is 4.79 Å². The number of rotatable bonds is 4. The van der Waals surface area contributed by atoms with Crippen LogP contribution in [0.5, 0.6) is 0 Å². The second-order valence-electron chi connectivity index (χ2n) is 5.92. The van der Waals surface area contributed by atoms with Crippen molar-refractivity contribution in [1.82, 2.24) is 4.57 Å². The van der Waals surface area contributed by atoms with Gasteiger partial charge >= 0.3 is 0 Å². The molecule has 0 fully saturated rings. The van der Waals surface area contributed by atoms with Crippen LogP contribution in [0.15, 0.2) is 54.7 Å². The normalized spacial score (nSPS) is 11.3. The Balaban J connectivity index is 2.15. The molecule has 0 atom stereocenters. The van der Waals surface area contributed by atoms with Crippen molar-refractivity contribution in [2.75, 3.05) is 0 Å². The van der Waals surface area contributed by atoms with Crippen LogP contribution in [-0.2, 0) is 6.54 Å². The molecule has 0 aliphatic heterocycles. The molecule has 0 radical (unpaired) electrons. The fraction of sp³-hybridized carbons (Fsp3) is 0.211. The summed E-state index contributed by atoms with van der Waals surface area (Å²) in [5, 5.41) is 1.04. The number of hydrogen-bond acceptors (Lipinski definition) is 1. The van der Waals surface area contributed by atoms with Crippen LogP contribution in [0.3, 0.4) is 0 Å². The van der Waals surface area contributed by atoms with Gasteiger partial charge in [-0.05, 0) is 46.7 Å². The van der Waals surface area contributed by atoms with Gasteiger partial charge in [-0.2, -0.15) is 0 Å². The van der Waals surface area contributed by atoms with E-state index in [1.807, 2.05) is 48.7 Å². The minimum absolute atomic E-state index is 0.101. The van der Waals surface area contributed by atoms with Crippen molar-refractivity contribution in [3.8, 4) is 0 Å². The molecule has 3 aromatic rings. The molecular weight excluding hydrogens is 385 g/mol. The lowest BCUT2D eigenvalue weighted by molar-refractivity contribution is 0.103. The number of nitrogens with zero attached hydrogens (tertiary/aromatic N) is 1. The van der Waals surface area contributed by atoms with E-state index in [1.165, 1.54) is 0 Å². The molecule has 1 heterocycles. The maximum absolute atomic E-state index is 13.0. The monoisotopic (exact) mass is 403 g/mol. The lowest BCUT2D eigenvalue weighted by Gasteiger charge is -2.07. The van der Waals surface area contributed by atoms with E-state index in [0.717, 1.165) is 32.1 Å². The van der Waals surface area contributed by atoms with Crippen LogP contribution in [0.25, 0.3) is 10.9 Å². The van der Waals surface area contributed by atoms with Crippen LogP contribution in [-0.4, -0.2) is 10.4 Å². The molecule has 0 aliphatic rings. The first kappa shape index (κ1) is 15.3. The standard InChI is InChI=1S/C19H18INO/c1-13(2)11-21-12-16(14-7-4-6-10-18(14)21)19(22)15-8-3-5-9-17(15)20/h3-10,12-13H,11H2,1-2H3. The summed E-state index contributed by atoms with van der Waals surface area (Å²) in [6, 6.07) is 15.9. The third-order valence-corrected chi connectivity index (χ3v) is 4.65. The number of ketones is 1. The highest BCUT2D eigenvalue weighted by Crippen LogP contribution is 2.26. The summed E-state index contributed by atoms with van der Waals surface area (Å²) in [5.74, 6) is 0.638. The summed E-state index contributed by atoms with van der Waals surface area (Å²) < 4.78 is 3.19. The number of benzene rings is 2. The van der Waals surface area contributed by atoms with Crippen LogP contribution >= 0.6 is 22.6 Å². The van der Waals surface area contributed by atoms with E-state index in [-0.39, 0.29) is 5.78 Å². The highest BCUT2D eigenvalue weighted by molar-refractivity contribution is 14.1. The van der Waals surface area contributed by atoms with Crippen LogP contribution in [0.4, 0.5) is 0 Å². The number of halogens is 1. The van der Waals surface area contributed by atoms with Crippen LogP contribution in [0.1, 0.15) is 29.8 Å². The van der Waals surface area contributed by atoms with Gasteiger partial charge < -0.3 is 4.57 Å². The molecule has 0 aliphatic carbocycles. The number of hydrogen-bond donors (Lipinski definition) is 0. The van der Waals surface area contributed by atoms with Gasteiger partial charge in [-0.25, -0.2) is 0 Å². The number of para-hydroxylation sites is 1. The van der Waals surface area contributed by atoms with Crippen molar-refractivity contribution in [3.63, 3.8) is 0 Å². The molecule has 3 heteroatoms. The summed E-state index contributed by atoms with van der Waals surface area (Å²) in [4.78, 5) is 13.0. The second-order valence-corrected chi connectivity index (χ2v) is 7.08. The van der Waals surface area contributed by atoms with Gasteiger partial charge in [-0.15, -0.1) is 0 Å². The summed E-state index contributed by atoms with van der Waals surface area (Å²) in [5.41, 5.74) is 2.70. The van der Waals surface area contributed by atoms with Crippen molar-refractivity contribution in [2.24, 2.45) is 5.92 Å². The summed E-state index contributed by atoms with van der Waals surface area (Å²) in [7, 11) is 0. The summed E-state index contributed by atoms with van der Waals surface area (Å²) in [6.45, 7) is 5.30. The van der Waals surface area contributed by atoms with Crippen LogP contribution in [0, 0.1) is 9.49 Å². The van der Waals surface area contributed by atoms with Gasteiger partial charge in [0.15, 0.2) is 5.78 Å². The molecule has 0 spiro atoms. The summed E-state index contributed by atoms with van der Waals surface area (Å²) >= 11 is 2.23. The molecule has 2 nitrogen and oxygen atoms in total. The fourth-order valence-corrected chi connectivity index (χ4v) is 3.39. The summed E-state index contributed by atoms with van der Waals surface area (Å²) in [6.07, 6.45) is 2.01. The van der Waals surface area contributed by atoms with Crippen molar-refractivity contribution in [2.45, 2.75) is 20.4 Å². The van der Waals surface area contributed by atoms with E-state index in [1.54, 1.807) is 0 Å². The van der Waals surface area contributed by atoms with Gasteiger partial charge in [0.1, 0.15) is 0 Å². The SMILES string of the molecule is CC(C)Cn1cc(C(=O)c2ccccc2I)c2ccccc21. The molecule has 0 amide bonds. The Labute approximate surface area is 144 Å². The predicted octanol–water partition coefficient (Wildman–Crippen LogP) is 5.13. The number of carbonyl (C=O) groups excluding carboxylic acids is 1. The molecule has 22 heavy (non-hydrogen) atoms. The molecule has 0 N–H and O–H groups in total. The molecular formula is C19H18INO. The number of carbonyl (C=O) groups is 1. The van der Waals surface area contributed by atoms with Crippen molar-refractivity contribution < 1.29 is 4.79 Å². The smallest absolute Gasteiger partial charge is 0.196 e. The van der Waals surface area contributed by atoms with Gasteiger partial charge in [-0.1, -0.05) is 44.2 Å². The third-order valence-electron chi connectivity index (χ3n) is 3.71. The van der Waals surface area contributed by atoms with Gasteiger partial charge in [0.25, 0.3) is 0 Å². The maximum atomic E-state index is 13.0. The lowest BCUT2D eigenvalue weighted by Crippen LogP contribution is -2.04. The topological polar surface area (TPSA) is 22.0 Å². The van der Waals surface area contributed by atoms with Gasteiger partial charge in [0.05, 0.1) is 0 Å². The van der Waals surface area contributed by atoms with E-state index in [2.05, 4.69) is 47.1 Å². The highest BCUT2D eigenvalue weighted by atomic mass is 127. The van der Waals surface area contributed by atoms with E-state index in [4.69, 9.17) is 0 Å². The zero-order chi connectivity index (χ0) is 15.7. The predicted molar refractivity (Wildman–Crippen MR) is 99.4 cm³/mol. The third kappa shape index (κ3) is 2.82. The Hall–Kier alpha value is -1.62. The van der Waals surface area contributed by atoms with E-state index in [0.29, 0.717) is 5.92 Å². The molecule has 0 saturated heterocycles. The number of aromatic nitrogens is 1. The zero-order valence-electron chi connectivity index (χ0n) is 12.7. The van der Waals surface area contributed by atoms with Gasteiger partial charge in [0, 0.05) is 38.3 Å². The van der Waals surface area contributed by atoms with Crippen molar-refractivity contribution in [1.29, 1.82) is 0 Å². The number of fused-ring (bicyclic) bond motifs is 1. The first-order chi connectivity index (χ1) is 10.6. The Morgan fingerprint density at radius 3 is 2.45 bits per heavy atom. The minimum Gasteiger partial charge on any atom is -0.346 e. The molecule has 0 unspecified atom stereocenters. The molecule has 112 valence electrons. The highest BCUT2D eigenvalue weighted by Gasteiger charge is 2.18. The quantitative estimate of drug-likeness (QED) is 0.437. The molecule has 0 saturated carbocycles. The molecule has 0 bridgehead atoms. The van der Waals surface area contributed by atoms with Gasteiger partial charge in [0.2, 0.25) is 0 Å². The molecule has 1 aromatic heterocycles. The minimum atomic E-state index is 0.101. The van der Waals surface area contributed by atoms with Crippen LogP contribution < -0.4 is 0 Å². The average molecular weight is 403 g/mol. The van der Waals surface area contributed by atoms with Crippen molar-refractivity contribution in [3.05, 3.63) is 69.4 Å². The Kier molecular flexibility index (Phi) is 4.34. The van der Waals surface area contributed by atoms with E-state index >= 15 is 0 Å². The van der Waals surface area contributed by atoms with Crippen molar-refractivity contribution >= 4 is 39.3 Å². The molecule has 3 rings (SSSR count). The van der Waals surface area contributed by atoms with Crippen LogP contribution in [0.2, 0.25) is 0 Å².